The second kappa shape index (κ2) is 11.8. The summed E-state index contributed by atoms with van der Waals surface area (Å²) in [6, 6.07) is 9.90. The van der Waals surface area contributed by atoms with E-state index in [1.54, 1.807) is 47.8 Å². The van der Waals surface area contributed by atoms with Crippen LogP contribution in [0.2, 0.25) is 0 Å². The lowest BCUT2D eigenvalue weighted by Gasteiger charge is -2.35. The van der Waals surface area contributed by atoms with Crippen LogP contribution in [-0.4, -0.2) is 85.9 Å². The quantitative estimate of drug-likeness (QED) is 0.267. The second-order valence-corrected chi connectivity index (χ2v) is 9.60. The zero-order valence-electron chi connectivity index (χ0n) is 22.4. The number of carbonyl (C=O) groups is 3. The smallest absolute Gasteiger partial charge is 0.387 e. The Labute approximate surface area is 238 Å². The third-order valence-electron chi connectivity index (χ3n) is 6.93. The lowest BCUT2D eigenvalue weighted by atomic mass is 10.1. The normalized spacial score (nSPS) is 14.2. The second-order valence-electron chi connectivity index (χ2n) is 9.60. The minimum atomic E-state index is -2.90. The molecule has 42 heavy (non-hydrogen) atoms. The van der Waals surface area contributed by atoms with E-state index in [4.69, 9.17) is 10.8 Å². The monoisotopic (exact) mass is 579 g/mol. The lowest BCUT2D eigenvalue weighted by Crippen LogP contribution is -2.56. The average Bonchev–Trinajstić information content (AvgIpc) is 3.41. The number of piperazine rings is 1. The number of fused-ring (bicyclic) bond motifs is 1. The van der Waals surface area contributed by atoms with Gasteiger partial charge in [0.1, 0.15) is 5.75 Å². The predicted octanol–water partition coefficient (Wildman–Crippen LogP) is 2.75. The highest BCUT2D eigenvalue weighted by Crippen LogP contribution is 2.28. The maximum Gasteiger partial charge on any atom is 0.387 e. The van der Waals surface area contributed by atoms with Crippen molar-refractivity contribution in [3.8, 4) is 17.0 Å². The van der Waals surface area contributed by atoms with Gasteiger partial charge in [0.2, 0.25) is 0 Å². The number of carboxylic acid groups (broad SMARTS) is 1. The number of carbonyl (C=O) groups excluding carboxylic acids is 2. The van der Waals surface area contributed by atoms with Crippen molar-refractivity contribution in [3.63, 3.8) is 0 Å². The van der Waals surface area contributed by atoms with Crippen molar-refractivity contribution in [2.45, 2.75) is 19.6 Å². The molecular formula is C28H27F2N7O5. The number of imidazole rings is 1. The van der Waals surface area contributed by atoms with Crippen LogP contribution >= 0.6 is 0 Å². The van der Waals surface area contributed by atoms with Crippen LogP contribution in [0.15, 0.2) is 61.1 Å². The Balaban J connectivity index is 1.28. The van der Waals surface area contributed by atoms with Crippen LogP contribution in [0.3, 0.4) is 0 Å². The van der Waals surface area contributed by atoms with Gasteiger partial charge in [0, 0.05) is 55.4 Å². The van der Waals surface area contributed by atoms with Gasteiger partial charge < -0.3 is 30.7 Å². The molecular weight excluding hydrogens is 552 g/mol. The molecule has 1 aliphatic rings. The highest BCUT2D eigenvalue weighted by molar-refractivity contribution is 6.01. The molecule has 14 heteroatoms. The molecule has 4 aromatic rings. The van der Waals surface area contributed by atoms with E-state index >= 15 is 0 Å². The summed E-state index contributed by atoms with van der Waals surface area (Å²) >= 11 is 0. The number of anilines is 2. The van der Waals surface area contributed by atoms with E-state index in [1.165, 1.54) is 17.0 Å². The standard InChI is InChI=1S/C28H27F2N7O5/c1-16-14-18(4-7-20(16)25(38)35-10-12-36(13-11-35)26(39)22(31)27(40)41)34-23-24-33-15-21(37(24)9-8-32-23)17-2-5-19(6-3-17)42-28(29)30/h2-9,14-15,22,28H,10-13,31H2,1H3,(H,32,34)(H,40,41)/t22-/m1/s1. The minimum Gasteiger partial charge on any atom is -0.480 e. The SMILES string of the molecule is Cc1cc(Nc2nccn3c(-c4ccc(OC(F)F)cc4)cnc23)ccc1C(=O)N1CCN(C(=O)[C@@H](N)C(=O)O)CC1. The maximum absolute atomic E-state index is 13.2. The molecule has 1 atom stereocenters. The molecule has 0 unspecified atom stereocenters. The van der Waals surface area contributed by atoms with Crippen molar-refractivity contribution < 1.29 is 33.0 Å². The first-order valence-electron chi connectivity index (χ1n) is 12.9. The summed E-state index contributed by atoms with van der Waals surface area (Å²) in [5.41, 5.74) is 9.33. The number of nitrogens with two attached hydrogens (primary N) is 1. The number of halogens is 2. The fraction of sp³-hybridized carbons (Fsp3) is 0.250. The molecule has 12 nitrogen and oxygen atoms in total. The summed E-state index contributed by atoms with van der Waals surface area (Å²) in [7, 11) is 0. The van der Waals surface area contributed by atoms with E-state index in [0.717, 1.165) is 16.8 Å². The van der Waals surface area contributed by atoms with Gasteiger partial charge in [0.25, 0.3) is 11.8 Å². The van der Waals surface area contributed by atoms with E-state index < -0.39 is 24.5 Å². The Hall–Kier alpha value is -5.11. The van der Waals surface area contributed by atoms with Gasteiger partial charge >= 0.3 is 12.6 Å². The van der Waals surface area contributed by atoms with Gasteiger partial charge in [-0.3, -0.25) is 14.0 Å². The number of nitrogens with zero attached hydrogens (tertiary/aromatic N) is 5. The molecule has 5 rings (SSSR count). The van der Waals surface area contributed by atoms with Crippen molar-refractivity contribution in [1.82, 2.24) is 24.2 Å². The average molecular weight is 580 g/mol. The van der Waals surface area contributed by atoms with Crippen molar-refractivity contribution in [3.05, 3.63) is 72.2 Å². The Morgan fingerprint density at radius 2 is 1.71 bits per heavy atom. The van der Waals surface area contributed by atoms with Crippen LogP contribution in [0.5, 0.6) is 5.75 Å². The molecule has 0 bridgehead atoms. The highest BCUT2D eigenvalue weighted by atomic mass is 19.3. The number of carboxylic acids is 1. The number of rotatable bonds is 8. The van der Waals surface area contributed by atoms with Crippen molar-refractivity contribution in [2.24, 2.45) is 5.73 Å². The Bertz CT molecular complexity index is 1640. The number of aryl methyl sites for hydroxylation is 1. The summed E-state index contributed by atoms with van der Waals surface area (Å²) in [5.74, 6) is -1.73. The van der Waals surface area contributed by atoms with Crippen molar-refractivity contribution in [1.29, 1.82) is 0 Å². The van der Waals surface area contributed by atoms with Gasteiger partial charge in [-0.1, -0.05) is 0 Å². The maximum atomic E-state index is 13.2. The van der Waals surface area contributed by atoms with Crippen LogP contribution in [-0.2, 0) is 9.59 Å². The molecule has 2 amide bonds. The van der Waals surface area contributed by atoms with Crippen LogP contribution < -0.4 is 15.8 Å². The van der Waals surface area contributed by atoms with Crippen LogP contribution in [0.1, 0.15) is 15.9 Å². The molecule has 1 aliphatic heterocycles. The minimum absolute atomic E-state index is 0.0572. The first kappa shape index (κ1) is 28.4. The molecule has 2 aromatic heterocycles. The first-order valence-corrected chi connectivity index (χ1v) is 12.9. The number of nitrogens with one attached hydrogen (secondary N) is 1. The van der Waals surface area contributed by atoms with Crippen molar-refractivity contribution >= 4 is 34.9 Å². The predicted molar refractivity (Wildman–Crippen MR) is 148 cm³/mol. The van der Waals surface area contributed by atoms with Crippen LogP contribution in [0, 0.1) is 6.92 Å². The fourth-order valence-electron chi connectivity index (χ4n) is 4.75. The number of ether oxygens (including phenoxy) is 1. The number of hydrogen-bond donors (Lipinski definition) is 3. The summed E-state index contributed by atoms with van der Waals surface area (Å²) in [4.78, 5) is 48.3. The summed E-state index contributed by atoms with van der Waals surface area (Å²) in [6.45, 7) is -0.187. The van der Waals surface area contributed by atoms with Gasteiger partial charge in [-0.2, -0.15) is 8.78 Å². The van der Waals surface area contributed by atoms with Gasteiger partial charge in [0.15, 0.2) is 17.5 Å². The number of aromatic nitrogens is 3. The fourth-order valence-corrected chi connectivity index (χ4v) is 4.75. The molecule has 0 radical (unpaired) electrons. The van der Waals surface area contributed by atoms with Gasteiger partial charge in [-0.05, 0) is 55.0 Å². The third kappa shape index (κ3) is 5.83. The molecule has 3 heterocycles. The van der Waals surface area contributed by atoms with Gasteiger partial charge in [-0.25, -0.2) is 14.8 Å². The largest absolute Gasteiger partial charge is 0.480 e. The number of hydrogen-bond acceptors (Lipinski definition) is 8. The van der Waals surface area contributed by atoms with Gasteiger partial charge in [-0.15, -0.1) is 0 Å². The van der Waals surface area contributed by atoms with E-state index in [1.807, 2.05) is 17.4 Å². The molecule has 1 saturated heterocycles. The molecule has 4 N–H and O–H groups in total. The lowest BCUT2D eigenvalue weighted by molar-refractivity contribution is -0.147. The summed E-state index contributed by atoms with van der Waals surface area (Å²) in [6.07, 6.45) is 5.00. The Morgan fingerprint density at radius 1 is 1.02 bits per heavy atom. The number of amides is 2. The number of alkyl halides is 2. The van der Waals surface area contributed by atoms with Crippen LogP contribution in [0.25, 0.3) is 16.9 Å². The topological polar surface area (TPSA) is 155 Å². The van der Waals surface area contributed by atoms with E-state index in [2.05, 4.69) is 20.0 Å². The van der Waals surface area contributed by atoms with E-state index in [-0.39, 0.29) is 37.8 Å². The van der Waals surface area contributed by atoms with E-state index in [9.17, 15) is 23.2 Å². The number of benzene rings is 2. The number of aliphatic carboxylic acids is 1. The Morgan fingerprint density at radius 3 is 2.36 bits per heavy atom. The molecule has 2 aromatic carbocycles. The molecule has 1 fully saturated rings. The summed E-state index contributed by atoms with van der Waals surface area (Å²) in [5, 5.41) is 12.2. The highest BCUT2D eigenvalue weighted by Gasteiger charge is 2.31. The molecule has 0 saturated carbocycles. The third-order valence-corrected chi connectivity index (χ3v) is 6.93. The van der Waals surface area contributed by atoms with Crippen LogP contribution in [0.4, 0.5) is 20.3 Å². The molecule has 218 valence electrons. The Kier molecular flexibility index (Phi) is 7.97. The molecule has 0 aliphatic carbocycles. The van der Waals surface area contributed by atoms with E-state index in [0.29, 0.717) is 22.7 Å². The molecule has 0 spiro atoms. The zero-order valence-corrected chi connectivity index (χ0v) is 22.4. The zero-order chi connectivity index (χ0) is 30.0. The summed E-state index contributed by atoms with van der Waals surface area (Å²) < 4.78 is 31.2. The first-order chi connectivity index (χ1) is 20.1. The van der Waals surface area contributed by atoms with Crippen molar-refractivity contribution in [2.75, 3.05) is 31.5 Å². The van der Waals surface area contributed by atoms with Gasteiger partial charge in [0.05, 0.1) is 11.9 Å².